The van der Waals surface area contributed by atoms with Gasteiger partial charge in [-0.25, -0.2) is 4.98 Å². The van der Waals surface area contributed by atoms with E-state index in [0.29, 0.717) is 17.1 Å². The summed E-state index contributed by atoms with van der Waals surface area (Å²) in [4.78, 5) is 37.2. The predicted octanol–water partition coefficient (Wildman–Crippen LogP) is 3.01. The van der Waals surface area contributed by atoms with E-state index in [1.54, 1.807) is 36.7 Å². The number of pyridine rings is 1. The first kappa shape index (κ1) is 18.0. The van der Waals surface area contributed by atoms with E-state index in [0.717, 1.165) is 16.9 Å². The molecule has 1 amide bonds. The quantitative estimate of drug-likeness (QED) is 0.700. The minimum absolute atomic E-state index is 0.00333. The fourth-order valence-electron chi connectivity index (χ4n) is 2.73. The summed E-state index contributed by atoms with van der Waals surface area (Å²) in [5.41, 5.74) is 1.37. The second-order valence-corrected chi connectivity index (χ2v) is 6.92. The van der Waals surface area contributed by atoms with Crippen molar-refractivity contribution in [3.05, 3.63) is 68.5 Å². The smallest absolute Gasteiger partial charge is 0.255 e. The van der Waals surface area contributed by atoms with E-state index < -0.39 is 0 Å². The molecule has 1 unspecified atom stereocenters. The number of hydrogen-bond donors (Lipinski definition) is 2. The maximum atomic E-state index is 12.5. The van der Waals surface area contributed by atoms with Crippen LogP contribution in [0.25, 0.3) is 11.4 Å². The van der Waals surface area contributed by atoms with Gasteiger partial charge in [0.2, 0.25) is 5.91 Å². The lowest BCUT2D eigenvalue weighted by Gasteiger charge is -2.15. The molecule has 3 heterocycles. The number of thiophene rings is 1. The third-order valence-electron chi connectivity index (χ3n) is 4.12. The van der Waals surface area contributed by atoms with E-state index in [-0.39, 0.29) is 23.9 Å². The molecule has 0 saturated carbocycles. The number of aryl methyl sites for hydroxylation is 1. The number of amides is 1. The van der Waals surface area contributed by atoms with Crippen molar-refractivity contribution in [1.29, 1.82) is 0 Å². The van der Waals surface area contributed by atoms with Crippen molar-refractivity contribution in [2.75, 3.05) is 0 Å². The first-order valence-corrected chi connectivity index (χ1v) is 9.29. The van der Waals surface area contributed by atoms with Crippen molar-refractivity contribution in [3.8, 4) is 11.4 Å². The van der Waals surface area contributed by atoms with Crippen LogP contribution in [0, 0.1) is 6.92 Å². The van der Waals surface area contributed by atoms with Gasteiger partial charge >= 0.3 is 0 Å². The van der Waals surface area contributed by atoms with E-state index in [2.05, 4.69) is 20.3 Å². The first-order valence-electron chi connectivity index (χ1n) is 8.41. The molecule has 0 aliphatic carbocycles. The second-order valence-electron chi connectivity index (χ2n) is 5.94. The van der Waals surface area contributed by atoms with Gasteiger partial charge in [-0.15, -0.1) is 11.3 Å². The van der Waals surface area contributed by atoms with Crippen LogP contribution in [-0.2, 0) is 11.2 Å². The average Bonchev–Trinajstić information content (AvgIpc) is 3.18. The maximum absolute atomic E-state index is 12.5. The van der Waals surface area contributed by atoms with Crippen molar-refractivity contribution < 1.29 is 4.79 Å². The summed E-state index contributed by atoms with van der Waals surface area (Å²) in [7, 11) is 0. The van der Waals surface area contributed by atoms with E-state index >= 15 is 0 Å². The lowest BCUT2D eigenvalue weighted by Crippen LogP contribution is -2.31. The van der Waals surface area contributed by atoms with Crippen LogP contribution in [-0.4, -0.2) is 20.9 Å². The van der Waals surface area contributed by atoms with Crippen LogP contribution in [0.15, 0.2) is 46.8 Å². The summed E-state index contributed by atoms with van der Waals surface area (Å²) >= 11 is 1.61. The van der Waals surface area contributed by atoms with E-state index in [4.69, 9.17) is 0 Å². The van der Waals surface area contributed by atoms with Gasteiger partial charge in [-0.2, -0.15) is 0 Å². The molecule has 7 heteroatoms. The molecule has 0 radical (unpaired) electrons. The Morgan fingerprint density at radius 1 is 1.35 bits per heavy atom. The zero-order chi connectivity index (χ0) is 18.5. The molecule has 26 heavy (non-hydrogen) atoms. The standard InChI is InChI=1S/C19H20N4O2S/c1-3-15(16-7-5-9-26-16)22-17(24)10-14-12(2)21-18(23-19(14)25)13-6-4-8-20-11-13/h4-9,11,15H,3,10H2,1-2H3,(H,22,24)(H,21,23,25). The largest absolute Gasteiger partial charge is 0.348 e. The lowest BCUT2D eigenvalue weighted by molar-refractivity contribution is -0.121. The molecular weight excluding hydrogens is 348 g/mol. The number of aromatic nitrogens is 3. The molecule has 0 fully saturated rings. The van der Waals surface area contributed by atoms with E-state index in [1.807, 2.05) is 30.5 Å². The summed E-state index contributed by atoms with van der Waals surface area (Å²) in [6.07, 6.45) is 4.09. The summed E-state index contributed by atoms with van der Waals surface area (Å²) in [6, 6.07) is 7.53. The normalized spacial score (nSPS) is 11.9. The monoisotopic (exact) mass is 368 g/mol. The molecule has 0 bridgehead atoms. The second kappa shape index (κ2) is 8.05. The van der Waals surface area contributed by atoms with Gasteiger partial charge in [0, 0.05) is 34.1 Å². The molecule has 3 rings (SSSR count). The van der Waals surface area contributed by atoms with Crippen LogP contribution < -0.4 is 10.9 Å². The maximum Gasteiger partial charge on any atom is 0.255 e. The third kappa shape index (κ3) is 4.05. The molecule has 3 aromatic heterocycles. The summed E-state index contributed by atoms with van der Waals surface area (Å²) in [5, 5.41) is 4.99. The minimum atomic E-state index is -0.296. The molecule has 1 atom stereocenters. The summed E-state index contributed by atoms with van der Waals surface area (Å²) in [6.45, 7) is 3.77. The highest BCUT2D eigenvalue weighted by atomic mass is 32.1. The highest BCUT2D eigenvalue weighted by Crippen LogP contribution is 2.21. The fourth-order valence-corrected chi connectivity index (χ4v) is 3.59. The van der Waals surface area contributed by atoms with Gasteiger partial charge in [-0.1, -0.05) is 13.0 Å². The van der Waals surface area contributed by atoms with Gasteiger partial charge in [0.05, 0.1) is 12.5 Å². The number of H-pyrrole nitrogens is 1. The van der Waals surface area contributed by atoms with Gasteiger partial charge in [0.15, 0.2) is 0 Å². The number of rotatable bonds is 6. The Morgan fingerprint density at radius 3 is 2.81 bits per heavy atom. The molecule has 0 saturated heterocycles. The van der Waals surface area contributed by atoms with Gasteiger partial charge in [-0.05, 0) is 36.9 Å². The molecule has 0 aliphatic heterocycles. The number of carbonyl (C=O) groups is 1. The molecule has 6 nitrogen and oxygen atoms in total. The highest BCUT2D eigenvalue weighted by Gasteiger charge is 2.17. The SMILES string of the molecule is CCC(NC(=O)Cc1c(C)nc(-c2cccnc2)[nH]c1=O)c1cccs1. The topological polar surface area (TPSA) is 87.7 Å². The molecule has 0 spiro atoms. The zero-order valence-corrected chi connectivity index (χ0v) is 15.5. The van der Waals surface area contributed by atoms with Crippen LogP contribution in [0.4, 0.5) is 0 Å². The predicted molar refractivity (Wildman–Crippen MR) is 102 cm³/mol. The Balaban J connectivity index is 1.77. The molecule has 0 aliphatic rings. The van der Waals surface area contributed by atoms with Gasteiger partial charge in [0.25, 0.3) is 5.56 Å². The minimum Gasteiger partial charge on any atom is -0.348 e. The fraction of sp³-hybridized carbons (Fsp3) is 0.263. The number of nitrogens with zero attached hydrogens (tertiary/aromatic N) is 2. The molecule has 0 aromatic carbocycles. The van der Waals surface area contributed by atoms with Crippen LogP contribution in [0.3, 0.4) is 0 Å². The van der Waals surface area contributed by atoms with Crippen molar-refractivity contribution in [3.63, 3.8) is 0 Å². The Labute approximate surface area is 155 Å². The van der Waals surface area contributed by atoms with Crippen LogP contribution in [0.2, 0.25) is 0 Å². The molecule has 2 N–H and O–H groups in total. The Bertz CT molecular complexity index is 936. The van der Waals surface area contributed by atoms with E-state index in [1.165, 1.54) is 0 Å². The Morgan fingerprint density at radius 2 is 2.19 bits per heavy atom. The highest BCUT2D eigenvalue weighted by molar-refractivity contribution is 7.10. The van der Waals surface area contributed by atoms with Crippen molar-refractivity contribution >= 4 is 17.2 Å². The van der Waals surface area contributed by atoms with Crippen LogP contribution >= 0.6 is 11.3 Å². The van der Waals surface area contributed by atoms with Gasteiger partial charge in [0.1, 0.15) is 5.82 Å². The Kier molecular flexibility index (Phi) is 5.58. The first-order chi connectivity index (χ1) is 12.6. The van der Waals surface area contributed by atoms with E-state index in [9.17, 15) is 9.59 Å². The lowest BCUT2D eigenvalue weighted by atomic mass is 10.1. The number of carbonyl (C=O) groups excluding carboxylic acids is 1. The van der Waals surface area contributed by atoms with Crippen LogP contribution in [0.5, 0.6) is 0 Å². The molecule has 3 aromatic rings. The number of aromatic amines is 1. The van der Waals surface area contributed by atoms with Gasteiger partial charge in [-0.3, -0.25) is 14.6 Å². The van der Waals surface area contributed by atoms with Crippen LogP contribution in [0.1, 0.15) is 35.5 Å². The number of nitrogens with one attached hydrogen (secondary N) is 2. The molecular formula is C19H20N4O2S. The van der Waals surface area contributed by atoms with Crippen molar-refractivity contribution in [2.24, 2.45) is 0 Å². The Hall–Kier alpha value is -2.80. The zero-order valence-electron chi connectivity index (χ0n) is 14.7. The van der Waals surface area contributed by atoms with Gasteiger partial charge < -0.3 is 10.3 Å². The third-order valence-corrected chi connectivity index (χ3v) is 5.11. The molecule has 134 valence electrons. The summed E-state index contributed by atoms with van der Waals surface area (Å²) in [5.74, 6) is 0.268. The average molecular weight is 368 g/mol. The van der Waals surface area contributed by atoms with Crippen molar-refractivity contribution in [2.45, 2.75) is 32.7 Å². The summed E-state index contributed by atoms with van der Waals surface area (Å²) < 4.78 is 0. The number of hydrogen-bond acceptors (Lipinski definition) is 5. The van der Waals surface area contributed by atoms with Crippen molar-refractivity contribution in [1.82, 2.24) is 20.3 Å².